The number of rotatable bonds is 1. The summed E-state index contributed by atoms with van der Waals surface area (Å²) in [6.45, 7) is 7.29. The lowest BCUT2D eigenvalue weighted by Crippen LogP contribution is -2.38. The van der Waals surface area contributed by atoms with Gasteiger partial charge in [-0.05, 0) is 20.8 Å². The van der Waals surface area contributed by atoms with Crippen LogP contribution in [-0.4, -0.2) is 48.2 Å². The molecule has 2 aliphatic rings. The van der Waals surface area contributed by atoms with Crippen LogP contribution in [0.1, 0.15) is 20.8 Å². The molecule has 4 nitrogen and oxygen atoms in total. The van der Waals surface area contributed by atoms with Gasteiger partial charge in [-0.15, -0.1) is 0 Å². The van der Waals surface area contributed by atoms with Crippen molar-refractivity contribution in [1.29, 1.82) is 0 Å². The maximum Gasteiger partial charge on any atom is 0.103 e. The Labute approximate surface area is 84.6 Å². The van der Waals surface area contributed by atoms with E-state index in [1.165, 1.54) is 0 Å². The molecule has 2 saturated heterocycles. The fourth-order valence-corrected chi connectivity index (χ4v) is 2.16. The highest BCUT2D eigenvalue weighted by molar-refractivity contribution is 5.01. The number of aliphatic hydroxyl groups excluding tert-OH is 1. The summed E-state index contributed by atoms with van der Waals surface area (Å²) in [7, 11) is 0. The highest BCUT2D eigenvalue weighted by atomic mass is 16.6. The average molecular weight is 201 g/mol. The molecule has 4 heteroatoms. The number of ether oxygens (including phenoxy) is 2. The Balaban J connectivity index is 1.97. The molecule has 2 heterocycles. The number of hydrogen-bond donors (Lipinski definition) is 2. The van der Waals surface area contributed by atoms with Crippen molar-refractivity contribution in [3.05, 3.63) is 0 Å². The topological polar surface area (TPSA) is 50.7 Å². The molecule has 0 aromatic carbocycles. The van der Waals surface area contributed by atoms with E-state index in [-0.39, 0.29) is 30.0 Å². The maximum atomic E-state index is 9.57. The number of hydrogen-bond acceptors (Lipinski definition) is 4. The SMILES string of the molecule is CC(C)(C)O[C@H]1CN[C@H]2[C@@H]1OC[C@@H]2O. The highest BCUT2D eigenvalue weighted by Crippen LogP contribution is 2.27. The van der Waals surface area contributed by atoms with Gasteiger partial charge in [-0.2, -0.15) is 0 Å². The van der Waals surface area contributed by atoms with Crippen molar-refractivity contribution in [3.63, 3.8) is 0 Å². The van der Waals surface area contributed by atoms with E-state index >= 15 is 0 Å². The van der Waals surface area contributed by atoms with Crippen molar-refractivity contribution in [1.82, 2.24) is 5.32 Å². The standard InChI is InChI=1S/C10H19NO3/c1-10(2,3)14-7-4-11-8-6(12)5-13-9(7)8/h6-9,11-12H,4-5H2,1-3H3/t6-,7-,8+,9+/m0/s1. The van der Waals surface area contributed by atoms with Gasteiger partial charge in [-0.3, -0.25) is 0 Å². The van der Waals surface area contributed by atoms with Gasteiger partial charge < -0.3 is 19.9 Å². The van der Waals surface area contributed by atoms with Gasteiger partial charge in [0.1, 0.15) is 6.10 Å². The van der Waals surface area contributed by atoms with Crippen molar-refractivity contribution in [2.45, 2.75) is 50.7 Å². The Morgan fingerprint density at radius 3 is 2.79 bits per heavy atom. The minimum absolute atomic E-state index is 0.0178. The third-order valence-electron chi connectivity index (χ3n) is 2.65. The minimum atomic E-state index is -0.381. The molecule has 82 valence electrons. The molecule has 2 aliphatic heterocycles. The third kappa shape index (κ3) is 1.93. The van der Waals surface area contributed by atoms with E-state index in [1.54, 1.807) is 0 Å². The van der Waals surface area contributed by atoms with Gasteiger partial charge in [0, 0.05) is 6.54 Å². The van der Waals surface area contributed by atoms with E-state index < -0.39 is 0 Å². The Morgan fingerprint density at radius 1 is 1.43 bits per heavy atom. The molecule has 0 radical (unpaired) electrons. The van der Waals surface area contributed by atoms with E-state index in [4.69, 9.17) is 9.47 Å². The molecule has 0 aliphatic carbocycles. The first kappa shape index (κ1) is 10.4. The first-order valence-electron chi connectivity index (χ1n) is 5.18. The van der Waals surface area contributed by atoms with Crippen LogP contribution in [0.25, 0.3) is 0 Å². The molecule has 4 atom stereocenters. The Morgan fingerprint density at radius 2 is 2.14 bits per heavy atom. The Bertz CT molecular complexity index is 214. The smallest absolute Gasteiger partial charge is 0.103 e. The van der Waals surface area contributed by atoms with E-state index in [0.717, 1.165) is 6.54 Å². The second-order valence-electron chi connectivity index (χ2n) is 5.07. The predicted octanol–water partition coefficient (Wildman–Crippen LogP) is -0.0984. The van der Waals surface area contributed by atoms with Gasteiger partial charge in [-0.25, -0.2) is 0 Å². The molecule has 0 amide bonds. The van der Waals surface area contributed by atoms with Crippen molar-refractivity contribution in [2.75, 3.05) is 13.2 Å². The molecule has 0 aromatic rings. The van der Waals surface area contributed by atoms with Gasteiger partial charge in [0.15, 0.2) is 0 Å². The first-order valence-corrected chi connectivity index (χ1v) is 5.18. The summed E-state index contributed by atoms with van der Waals surface area (Å²) in [6.07, 6.45) is -0.296. The van der Waals surface area contributed by atoms with Gasteiger partial charge in [0.05, 0.1) is 30.5 Å². The molecular formula is C10H19NO3. The van der Waals surface area contributed by atoms with Gasteiger partial charge in [0.2, 0.25) is 0 Å². The van der Waals surface area contributed by atoms with Crippen LogP contribution in [0.3, 0.4) is 0 Å². The molecule has 0 bridgehead atoms. The van der Waals surface area contributed by atoms with Crippen LogP contribution >= 0.6 is 0 Å². The molecule has 2 fully saturated rings. The molecule has 0 aromatic heterocycles. The largest absolute Gasteiger partial charge is 0.389 e. The molecule has 2 N–H and O–H groups in total. The summed E-state index contributed by atoms with van der Waals surface area (Å²) in [5.41, 5.74) is -0.155. The lowest BCUT2D eigenvalue weighted by atomic mass is 10.1. The molecule has 0 unspecified atom stereocenters. The van der Waals surface area contributed by atoms with Crippen molar-refractivity contribution < 1.29 is 14.6 Å². The zero-order chi connectivity index (χ0) is 10.3. The normalized spacial score (nSPS) is 42.9. The molecule has 0 saturated carbocycles. The van der Waals surface area contributed by atoms with Crippen molar-refractivity contribution >= 4 is 0 Å². The first-order chi connectivity index (χ1) is 6.47. The zero-order valence-corrected chi connectivity index (χ0v) is 8.99. The van der Waals surface area contributed by atoms with E-state index in [9.17, 15) is 5.11 Å². The van der Waals surface area contributed by atoms with Crippen molar-refractivity contribution in [3.8, 4) is 0 Å². The summed E-state index contributed by atoms with van der Waals surface area (Å²) in [4.78, 5) is 0. The average Bonchev–Trinajstić information content (AvgIpc) is 2.55. The summed E-state index contributed by atoms with van der Waals surface area (Å²) < 4.78 is 11.4. The Kier molecular flexibility index (Phi) is 2.55. The van der Waals surface area contributed by atoms with E-state index in [2.05, 4.69) is 5.32 Å². The third-order valence-corrected chi connectivity index (χ3v) is 2.65. The summed E-state index contributed by atoms with van der Waals surface area (Å²) >= 11 is 0. The summed E-state index contributed by atoms with van der Waals surface area (Å²) in [5.74, 6) is 0. The van der Waals surface area contributed by atoms with Crippen LogP contribution in [-0.2, 0) is 9.47 Å². The van der Waals surface area contributed by atoms with Crippen LogP contribution in [0.2, 0.25) is 0 Å². The van der Waals surface area contributed by atoms with Crippen LogP contribution in [0.5, 0.6) is 0 Å². The van der Waals surface area contributed by atoms with Crippen LogP contribution in [0.4, 0.5) is 0 Å². The lowest BCUT2D eigenvalue weighted by Gasteiger charge is -2.27. The Hall–Kier alpha value is -0.160. The molecular weight excluding hydrogens is 182 g/mol. The number of nitrogens with one attached hydrogen (secondary N) is 1. The lowest BCUT2D eigenvalue weighted by molar-refractivity contribution is -0.1000. The van der Waals surface area contributed by atoms with Gasteiger partial charge >= 0.3 is 0 Å². The molecule has 2 rings (SSSR count). The van der Waals surface area contributed by atoms with Crippen molar-refractivity contribution in [2.24, 2.45) is 0 Å². The van der Waals surface area contributed by atoms with Crippen LogP contribution in [0.15, 0.2) is 0 Å². The molecule has 14 heavy (non-hydrogen) atoms. The van der Waals surface area contributed by atoms with E-state index in [1.807, 2.05) is 20.8 Å². The fourth-order valence-electron chi connectivity index (χ4n) is 2.16. The second-order valence-corrected chi connectivity index (χ2v) is 5.07. The monoisotopic (exact) mass is 201 g/mol. The summed E-state index contributed by atoms with van der Waals surface area (Å²) in [6, 6.07) is 0.0577. The predicted molar refractivity (Wildman–Crippen MR) is 52.2 cm³/mol. The quantitative estimate of drug-likeness (QED) is 0.622. The van der Waals surface area contributed by atoms with Crippen LogP contribution < -0.4 is 5.32 Å². The van der Waals surface area contributed by atoms with Crippen LogP contribution in [0, 0.1) is 0 Å². The van der Waals surface area contributed by atoms with E-state index in [0.29, 0.717) is 6.61 Å². The second kappa shape index (κ2) is 3.45. The minimum Gasteiger partial charge on any atom is -0.389 e. The summed E-state index contributed by atoms with van der Waals surface area (Å²) in [5, 5.41) is 12.8. The molecule has 0 spiro atoms. The number of fused-ring (bicyclic) bond motifs is 1. The van der Waals surface area contributed by atoms with Gasteiger partial charge in [-0.1, -0.05) is 0 Å². The maximum absolute atomic E-state index is 9.57. The number of aliphatic hydroxyl groups is 1. The van der Waals surface area contributed by atoms with Gasteiger partial charge in [0.25, 0.3) is 0 Å². The zero-order valence-electron chi connectivity index (χ0n) is 8.99. The highest BCUT2D eigenvalue weighted by Gasteiger charge is 2.47. The fraction of sp³-hybridized carbons (Fsp3) is 1.00.